The summed E-state index contributed by atoms with van der Waals surface area (Å²) in [5.41, 5.74) is -0.0973. The lowest BCUT2D eigenvalue weighted by molar-refractivity contribution is 0.570. The normalized spacial score (nSPS) is 13.3. The van der Waals surface area contributed by atoms with Crippen LogP contribution in [0, 0.1) is 17.1 Å². The van der Waals surface area contributed by atoms with Crippen molar-refractivity contribution in [3.05, 3.63) is 62.8 Å². The first-order valence-corrected chi connectivity index (χ1v) is 7.44. The highest BCUT2D eigenvalue weighted by atomic mass is 79.9. The lowest BCUT2D eigenvalue weighted by Crippen LogP contribution is -2.31. The molecule has 0 aliphatic carbocycles. The minimum Gasteiger partial charge on any atom is -0.364 e. The van der Waals surface area contributed by atoms with Gasteiger partial charge in [-0.3, -0.25) is 0 Å². The zero-order chi connectivity index (χ0) is 14.8. The van der Waals surface area contributed by atoms with Crippen molar-refractivity contribution in [1.82, 2.24) is 0 Å². The SMILES string of the molecule is CC(C#N)(Nc1cccc(Br)c1)c1ccc(Br)cc1F. The number of nitrogens with zero attached hydrogens (tertiary/aromatic N) is 1. The molecule has 0 aliphatic rings. The van der Waals surface area contributed by atoms with E-state index < -0.39 is 11.4 Å². The number of hydrogen-bond donors (Lipinski definition) is 1. The predicted molar refractivity (Wildman–Crippen MR) is 84.8 cm³/mol. The summed E-state index contributed by atoms with van der Waals surface area (Å²) in [6.45, 7) is 1.65. The van der Waals surface area contributed by atoms with Gasteiger partial charge in [-0.05, 0) is 37.3 Å². The molecule has 102 valence electrons. The Bertz CT molecular complexity index is 682. The molecule has 0 spiro atoms. The second-order valence-electron chi connectivity index (χ2n) is 4.50. The van der Waals surface area contributed by atoms with E-state index in [-0.39, 0.29) is 0 Å². The van der Waals surface area contributed by atoms with Crippen molar-refractivity contribution in [1.29, 1.82) is 5.26 Å². The molecule has 0 radical (unpaired) electrons. The van der Waals surface area contributed by atoms with Crippen molar-refractivity contribution in [2.24, 2.45) is 0 Å². The van der Waals surface area contributed by atoms with Crippen molar-refractivity contribution in [2.45, 2.75) is 12.5 Å². The fourth-order valence-corrected chi connectivity index (χ4v) is 2.64. The molecule has 0 aromatic heterocycles. The van der Waals surface area contributed by atoms with Gasteiger partial charge in [0.05, 0.1) is 6.07 Å². The molecule has 0 saturated heterocycles. The van der Waals surface area contributed by atoms with Gasteiger partial charge in [0.2, 0.25) is 0 Å². The molecule has 1 N–H and O–H groups in total. The van der Waals surface area contributed by atoms with Gasteiger partial charge in [0.25, 0.3) is 0 Å². The molecule has 1 unspecified atom stereocenters. The molecule has 2 aromatic rings. The summed E-state index contributed by atoms with van der Waals surface area (Å²) in [7, 11) is 0. The summed E-state index contributed by atoms with van der Waals surface area (Å²) in [5.74, 6) is -0.425. The maximum absolute atomic E-state index is 14.1. The Morgan fingerprint density at radius 3 is 2.45 bits per heavy atom. The summed E-state index contributed by atoms with van der Waals surface area (Å²) in [6, 6.07) is 14.2. The second kappa shape index (κ2) is 5.94. The Balaban J connectivity index is 2.41. The zero-order valence-corrected chi connectivity index (χ0v) is 13.8. The van der Waals surface area contributed by atoms with Crippen molar-refractivity contribution < 1.29 is 4.39 Å². The largest absolute Gasteiger partial charge is 0.364 e. The van der Waals surface area contributed by atoms with E-state index in [2.05, 4.69) is 43.2 Å². The topological polar surface area (TPSA) is 35.8 Å². The van der Waals surface area contributed by atoms with Gasteiger partial charge in [0, 0.05) is 20.2 Å². The highest BCUT2D eigenvalue weighted by molar-refractivity contribution is 9.10. The van der Waals surface area contributed by atoms with Crippen molar-refractivity contribution in [3.63, 3.8) is 0 Å². The van der Waals surface area contributed by atoms with Crippen LogP contribution in [0.4, 0.5) is 10.1 Å². The molecule has 0 saturated carbocycles. The molecule has 5 heteroatoms. The molecule has 1 atom stereocenters. The quantitative estimate of drug-likeness (QED) is 0.772. The molecule has 2 aromatic carbocycles. The van der Waals surface area contributed by atoms with Gasteiger partial charge >= 0.3 is 0 Å². The number of halogens is 3. The van der Waals surface area contributed by atoms with E-state index in [4.69, 9.17) is 0 Å². The van der Waals surface area contributed by atoms with Crippen LogP contribution < -0.4 is 5.32 Å². The molecule has 2 rings (SSSR count). The molecule has 2 nitrogen and oxygen atoms in total. The number of hydrogen-bond acceptors (Lipinski definition) is 2. The highest BCUT2D eigenvalue weighted by Crippen LogP contribution is 2.30. The van der Waals surface area contributed by atoms with Crippen LogP contribution in [0.15, 0.2) is 51.4 Å². The highest BCUT2D eigenvalue weighted by Gasteiger charge is 2.29. The smallest absolute Gasteiger partial charge is 0.151 e. The van der Waals surface area contributed by atoms with Gasteiger partial charge in [-0.15, -0.1) is 0 Å². The van der Waals surface area contributed by atoms with E-state index >= 15 is 0 Å². The van der Waals surface area contributed by atoms with Crippen LogP contribution in [0.3, 0.4) is 0 Å². The van der Waals surface area contributed by atoms with Crippen LogP contribution in [0.2, 0.25) is 0 Å². The van der Waals surface area contributed by atoms with Crippen molar-refractivity contribution in [2.75, 3.05) is 5.32 Å². The lowest BCUT2D eigenvalue weighted by atomic mass is 9.92. The van der Waals surface area contributed by atoms with Crippen molar-refractivity contribution in [3.8, 4) is 6.07 Å². The molecular formula is C15H11Br2FN2. The molecule has 0 heterocycles. The van der Waals surface area contributed by atoms with Crippen molar-refractivity contribution >= 4 is 37.5 Å². The predicted octanol–water partition coefficient (Wildman–Crippen LogP) is 5.20. The third-order valence-corrected chi connectivity index (χ3v) is 3.90. The second-order valence-corrected chi connectivity index (χ2v) is 6.33. The third-order valence-electron chi connectivity index (χ3n) is 2.91. The van der Waals surface area contributed by atoms with E-state index in [9.17, 15) is 9.65 Å². The number of rotatable bonds is 3. The third kappa shape index (κ3) is 3.20. The van der Waals surface area contributed by atoms with Gasteiger partial charge in [-0.25, -0.2) is 4.39 Å². The van der Waals surface area contributed by atoms with Crippen LogP contribution >= 0.6 is 31.9 Å². The zero-order valence-electron chi connectivity index (χ0n) is 10.6. The van der Waals surface area contributed by atoms with Crippen LogP contribution in [0.25, 0.3) is 0 Å². The molecule has 0 bridgehead atoms. The Morgan fingerprint density at radius 2 is 1.85 bits per heavy atom. The first-order chi connectivity index (χ1) is 9.44. The van der Waals surface area contributed by atoms with Crippen LogP contribution in [-0.4, -0.2) is 0 Å². The fraction of sp³-hybridized carbons (Fsp3) is 0.133. The summed E-state index contributed by atoms with van der Waals surface area (Å²) in [5, 5.41) is 12.5. The van der Waals surface area contributed by atoms with Crippen LogP contribution in [0.1, 0.15) is 12.5 Å². The summed E-state index contributed by atoms with van der Waals surface area (Å²) >= 11 is 6.58. The summed E-state index contributed by atoms with van der Waals surface area (Å²) < 4.78 is 15.6. The first kappa shape index (κ1) is 15.0. The molecule has 0 amide bonds. The van der Waals surface area contributed by atoms with Crippen LogP contribution in [0.5, 0.6) is 0 Å². The maximum atomic E-state index is 14.1. The van der Waals surface area contributed by atoms with Crippen LogP contribution in [-0.2, 0) is 5.54 Å². The Labute approximate surface area is 133 Å². The van der Waals surface area contributed by atoms with E-state index in [1.165, 1.54) is 6.07 Å². The number of anilines is 1. The van der Waals surface area contributed by atoms with E-state index in [1.54, 1.807) is 19.1 Å². The number of nitriles is 1. The Hall–Kier alpha value is -1.38. The van der Waals surface area contributed by atoms with Gasteiger partial charge < -0.3 is 5.32 Å². The summed E-state index contributed by atoms with van der Waals surface area (Å²) in [6.07, 6.45) is 0. The standard InChI is InChI=1S/C15H11Br2FN2/c1-15(9-19,13-6-5-11(17)8-14(13)18)20-12-4-2-3-10(16)7-12/h2-8,20H,1H3. The first-order valence-electron chi connectivity index (χ1n) is 5.85. The monoisotopic (exact) mass is 396 g/mol. The average molecular weight is 398 g/mol. The summed E-state index contributed by atoms with van der Waals surface area (Å²) in [4.78, 5) is 0. The fourth-order valence-electron chi connectivity index (χ4n) is 1.91. The van der Waals surface area contributed by atoms with Gasteiger partial charge in [0.15, 0.2) is 5.54 Å². The minimum atomic E-state index is -1.15. The van der Waals surface area contributed by atoms with Gasteiger partial charge in [-0.2, -0.15) is 5.26 Å². The average Bonchev–Trinajstić information content (AvgIpc) is 2.38. The van der Waals surface area contributed by atoms with E-state index in [1.807, 2.05) is 24.3 Å². The lowest BCUT2D eigenvalue weighted by Gasteiger charge is -2.25. The molecule has 0 fully saturated rings. The van der Waals surface area contributed by atoms with Gasteiger partial charge in [-0.1, -0.05) is 44.0 Å². The van der Waals surface area contributed by atoms with Gasteiger partial charge in [0.1, 0.15) is 5.82 Å². The number of benzene rings is 2. The molecule has 20 heavy (non-hydrogen) atoms. The van der Waals surface area contributed by atoms with E-state index in [0.717, 1.165) is 10.2 Å². The maximum Gasteiger partial charge on any atom is 0.151 e. The Kier molecular flexibility index (Phi) is 4.46. The molecule has 0 aliphatic heterocycles. The Morgan fingerprint density at radius 1 is 1.15 bits per heavy atom. The molecular weight excluding hydrogens is 387 g/mol. The van der Waals surface area contributed by atoms with E-state index in [0.29, 0.717) is 10.0 Å². The minimum absolute atomic E-state index is 0.308. The number of nitrogens with one attached hydrogen (secondary N) is 1.